The molecule has 8 nitrogen and oxygen atoms in total. The zero-order valence-corrected chi connectivity index (χ0v) is 23.9. The molecule has 1 aromatic carbocycles. The summed E-state index contributed by atoms with van der Waals surface area (Å²) in [6.45, 7) is 5.29. The number of amides is 3. The number of ether oxygens (including phenoxy) is 1. The van der Waals surface area contributed by atoms with Crippen LogP contribution in [0, 0.1) is 23.6 Å². The molecule has 2 fully saturated rings. The topological polar surface area (TPSA) is 99.8 Å². The number of carbonyl (C=O) groups excluding carboxylic acids is 3. The lowest BCUT2D eigenvalue weighted by molar-refractivity contribution is -0.139. The van der Waals surface area contributed by atoms with Crippen LogP contribution in [0.15, 0.2) is 12.1 Å². The minimum Gasteiger partial charge on any atom is -0.444 e. The fraction of sp³-hybridized carbons (Fsp3) is 0.679. The van der Waals surface area contributed by atoms with Gasteiger partial charge in [0.25, 0.3) is 0 Å². The van der Waals surface area contributed by atoms with E-state index >= 15 is 4.39 Å². The van der Waals surface area contributed by atoms with E-state index in [4.69, 9.17) is 4.74 Å². The SMILES string of the molecule is CC(C(=O)NCC(F)(F)F)c1cc(F)c(NC(=O)C(NC(=O)OC(C)(C)C)C(C2CC2)C2CC2)cc1CN(C)C. The number of alkyl carbamates (subject to hydrolysis) is 1. The maximum Gasteiger partial charge on any atom is 0.408 e. The number of benzene rings is 1. The van der Waals surface area contributed by atoms with Crippen molar-refractivity contribution in [1.29, 1.82) is 0 Å². The largest absolute Gasteiger partial charge is 0.444 e. The molecule has 0 bridgehead atoms. The second kappa shape index (κ2) is 12.3. The van der Waals surface area contributed by atoms with Gasteiger partial charge in [0.15, 0.2) is 0 Å². The lowest BCUT2D eigenvalue weighted by Crippen LogP contribution is -2.51. The standard InChI is InChI=1S/C28H40F4N4O4/c1-15(24(37)33-14-28(30,31)32)19-12-20(29)21(11-18(19)13-36(5)6)34-25(38)23(35-26(39)40-27(2,3)4)22(16-7-8-16)17-9-10-17/h11-12,15-17,22-23H,7-10,13-14H2,1-6H3,(H,33,37)(H,34,38)(H,35,39). The average molecular weight is 573 g/mol. The lowest BCUT2D eigenvalue weighted by Gasteiger charge is -2.29. The summed E-state index contributed by atoms with van der Waals surface area (Å²) in [6.07, 6.45) is -1.52. The summed E-state index contributed by atoms with van der Waals surface area (Å²) in [7, 11) is 3.49. The van der Waals surface area contributed by atoms with Gasteiger partial charge in [-0.1, -0.05) is 0 Å². The first-order chi connectivity index (χ1) is 18.4. The van der Waals surface area contributed by atoms with Crippen molar-refractivity contribution in [3.8, 4) is 0 Å². The van der Waals surface area contributed by atoms with E-state index in [0.29, 0.717) is 5.56 Å². The molecule has 2 saturated carbocycles. The number of hydrogen-bond acceptors (Lipinski definition) is 5. The molecule has 0 saturated heterocycles. The van der Waals surface area contributed by atoms with Crippen molar-refractivity contribution in [2.24, 2.45) is 17.8 Å². The smallest absolute Gasteiger partial charge is 0.408 e. The molecule has 3 N–H and O–H groups in total. The van der Waals surface area contributed by atoms with Gasteiger partial charge in [0, 0.05) is 6.54 Å². The van der Waals surface area contributed by atoms with Gasteiger partial charge in [0.2, 0.25) is 11.8 Å². The summed E-state index contributed by atoms with van der Waals surface area (Å²) >= 11 is 0. The highest BCUT2D eigenvalue weighted by atomic mass is 19.4. The monoisotopic (exact) mass is 572 g/mol. The third kappa shape index (κ3) is 9.35. The summed E-state index contributed by atoms with van der Waals surface area (Å²) in [5, 5.41) is 7.19. The highest BCUT2D eigenvalue weighted by molar-refractivity contribution is 5.97. The van der Waals surface area contributed by atoms with Crippen LogP contribution >= 0.6 is 0 Å². The number of halogens is 4. The first-order valence-electron chi connectivity index (χ1n) is 13.6. The molecular formula is C28H40F4N4O4. The van der Waals surface area contributed by atoms with Crippen molar-refractivity contribution in [2.75, 3.05) is 26.0 Å². The Bertz CT molecular complexity index is 1080. The van der Waals surface area contributed by atoms with Crippen molar-refractivity contribution in [3.05, 3.63) is 29.1 Å². The fourth-order valence-electron chi connectivity index (χ4n) is 4.96. The summed E-state index contributed by atoms with van der Waals surface area (Å²) in [5.74, 6) is -2.93. The van der Waals surface area contributed by atoms with Crippen LogP contribution in [0.2, 0.25) is 0 Å². The zero-order valence-electron chi connectivity index (χ0n) is 23.9. The number of nitrogens with one attached hydrogen (secondary N) is 3. The van der Waals surface area contributed by atoms with Gasteiger partial charge in [-0.25, -0.2) is 9.18 Å². The van der Waals surface area contributed by atoms with Crippen LogP contribution < -0.4 is 16.0 Å². The van der Waals surface area contributed by atoms with E-state index in [9.17, 15) is 27.6 Å². The summed E-state index contributed by atoms with van der Waals surface area (Å²) in [4.78, 5) is 40.4. The lowest BCUT2D eigenvalue weighted by atomic mass is 9.88. The number of anilines is 1. The van der Waals surface area contributed by atoms with Crippen LogP contribution in [0.3, 0.4) is 0 Å². The van der Waals surface area contributed by atoms with Crippen molar-refractivity contribution in [1.82, 2.24) is 15.5 Å². The number of hydrogen-bond donors (Lipinski definition) is 3. The van der Waals surface area contributed by atoms with E-state index in [1.54, 1.807) is 39.8 Å². The van der Waals surface area contributed by atoms with Crippen molar-refractivity contribution >= 4 is 23.6 Å². The second-order valence-corrected chi connectivity index (χ2v) is 12.2. The Kier molecular flexibility index (Phi) is 9.74. The highest BCUT2D eigenvalue weighted by Crippen LogP contribution is 2.51. The van der Waals surface area contributed by atoms with Gasteiger partial charge in [-0.05, 0) is 108 Å². The molecule has 0 aliphatic heterocycles. The maximum atomic E-state index is 15.4. The van der Waals surface area contributed by atoms with Gasteiger partial charge in [-0.15, -0.1) is 0 Å². The van der Waals surface area contributed by atoms with Crippen LogP contribution in [0.1, 0.15) is 70.4 Å². The molecule has 0 spiro atoms. The van der Waals surface area contributed by atoms with Gasteiger partial charge in [0.05, 0.1) is 11.6 Å². The quantitative estimate of drug-likeness (QED) is 0.327. The molecule has 0 radical (unpaired) electrons. The van der Waals surface area contributed by atoms with Gasteiger partial charge < -0.3 is 25.6 Å². The zero-order chi connectivity index (χ0) is 30.0. The highest BCUT2D eigenvalue weighted by Gasteiger charge is 2.48. The Hall–Kier alpha value is -2.89. The normalized spacial score (nSPS) is 17.4. The molecule has 12 heteroatoms. The molecule has 2 unspecified atom stereocenters. The van der Waals surface area contributed by atoms with Crippen LogP contribution in [0.25, 0.3) is 0 Å². The molecular weight excluding hydrogens is 532 g/mol. The van der Waals surface area contributed by atoms with E-state index < -0.39 is 54.0 Å². The Morgan fingerprint density at radius 1 is 1.02 bits per heavy atom. The Labute approximate surface area is 232 Å². The van der Waals surface area contributed by atoms with E-state index in [1.165, 1.54) is 13.0 Å². The number of rotatable bonds is 11. The number of carbonyl (C=O) groups is 3. The number of alkyl halides is 3. The summed E-state index contributed by atoms with van der Waals surface area (Å²) in [6, 6.07) is 1.53. The van der Waals surface area contributed by atoms with Crippen molar-refractivity contribution in [3.63, 3.8) is 0 Å². The van der Waals surface area contributed by atoms with Crippen LogP contribution in [-0.2, 0) is 20.9 Å². The van der Waals surface area contributed by atoms with Gasteiger partial charge in [0.1, 0.15) is 24.0 Å². The number of nitrogens with zero attached hydrogens (tertiary/aromatic N) is 1. The van der Waals surface area contributed by atoms with Crippen molar-refractivity contribution in [2.45, 2.75) is 83.7 Å². The van der Waals surface area contributed by atoms with E-state index in [2.05, 4.69) is 10.6 Å². The maximum absolute atomic E-state index is 15.4. The molecule has 3 amide bonds. The molecule has 3 rings (SSSR count). The molecule has 1 aromatic rings. The third-order valence-electron chi connectivity index (χ3n) is 6.97. The van der Waals surface area contributed by atoms with E-state index in [-0.39, 0.29) is 35.5 Å². The molecule has 2 aliphatic rings. The predicted molar refractivity (Wildman–Crippen MR) is 142 cm³/mol. The van der Waals surface area contributed by atoms with Gasteiger partial charge in [-0.2, -0.15) is 13.2 Å². The van der Waals surface area contributed by atoms with Crippen LogP contribution in [0.5, 0.6) is 0 Å². The van der Waals surface area contributed by atoms with Crippen molar-refractivity contribution < 1.29 is 36.7 Å². The second-order valence-electron chi connectivity index (χ2n) is 12.2. The van der Waals surface area contributed by atoms with E-state index in [1.807, 2.05) is 5.32 Å². The summed E-state index contributed by atoms with van der Waals surface area (Å²) < 4.78 is 58.6. The fourth-order valence-corrected chi connectivity index (χ4v) is 4.96. The van der Waals surface area contributed by atoms with Crippen LogP contribution in [-0.4, -0.2) is 61.3 Å². The first-order valence-corrected chi connectivity index (χ1v) is 13.6. The Balaban J connectivity index is 1.87. The minimum absolute atomic E-state index is 0.103. The minimum atomic E-state index is -4.58. The average Bonchev–Trinajstić information content (AvgIpc) is 3.71. The molecule has 40 heavy (non-hydrogen) atoms. The molecule has 0 heterocycles. The van der Waals surface area contributed by atoms with Gasteiger partial charge >= 0.3 is 12.3 Å². The first kappa shape index (κ1) is 31.6. The van der Waals surface area contributed by atoms with E-state index in [0.717, 1.165) is 31.7 Å². The Morgan fingerprint density at radius 2 is 1.60 bits per heavy atom. The molecule has 0 aromatic heterocycles. The molecule has 224 valence electrons. The molecule has 2 atom stereocenters. The Morgan fingerprint density at radius 3 is 2.08 bits per heavy atom. The summed E-state index contributed by atoms with van der Waals surface area (Å²) in [5.41, 5.74) is -0.240. The van der Waals surface area contributed by atoms with Gasteiger partial charge in [-0.3, -0.25) is 9.59 Å². The molecule has 2 aliphatic carbocycles. The third-order valence-corrected chi connectivity index (χ3v) is 6.97. The van der Waals surface area contributed by atoms with Crippen LogP contribution in [0.4, 0.5) is 28.0 Å². The predicted octanol–water partition coefficient (Wildman–Crippen LogP) is 4.94.